The molecule has 0 saturated carbocycles. The fourth-order valence-corrected chi connectivity index (χ4v) is 5.15. The standard InChI is InChI=1S/C15H12F3NO3S2/c16-15(17,18)12-6-23-5-11(12)14(20)19-13-8-24(21,22)7-9-3-1-2-4-10(9)13/h1-6,13H,7-8H2,(H,19,20). The Balaban J connectivity index is 1.92. The molecule has 1 amide bonds. The van der Waals surface area contributed by atoms with Gasteiger partial charge >= 0.3 is 6.18 Å². The maximum atomic E-state index is 12.9. The van der Waals surface area contributed by atoms with Crippen molar-refractivity contribution in [2.75, 3.05) is 5.75 Å². The average Bonchev–Trinajstić information content (AvgIpc) is 2.95. The van der Waals surface area contributed by atoms with Gasteiger partial charge in [-0.05, 0) is 11.1 Å². The molecule has 3 rings (SSSR count). The molecule has 1 atom stereocenters. The van der Waals surface area contributed by atoms with Crippen LogP contribution in [-0.4, -0.2) is 20.1 Å². The second kappa shape index (κ2) is 5.89. The maximum absolute atomic E-state index is 12.9. The summed E-state index contributed by atoms with van der Waals surface area (Å²) >= 11 is 0.770. The Bertz CT molecular complexity index is 887. The van der Waals surface area contributed by atoms with Crippen LogP contribution in [-0.2, 0) is 21.8 Å². The molecule has 1 aliphatic rings. The lowest BCUT2D eigenvalue weighted by molar-refractivity contribution is -0.137. The van der Waals surface area contributed by atoms with Crippen LogP contribution in [0.5, 0.6) is 0 Å². The molecule has 1 aromatic heterocycles. The lowest BCUT2D eigenvalue weighted by atomic mass is 10.0. The van der Waals surface area contributed by atoms with Gasteiger partial charge in [-0.2, -0.15) is 24.5 Å². The molecule has 4 nitrogen and oxygen atoms in total. The van der Waals surface area contributed by atoms with E-state index in [1.165, 1.54) is 0 Å². The highest BCUT2D eigenvalue weighted by molar-refractivity contribution is 7.90. The van der Waals surface area contributed by atoms with Crippen LogP contribution >= 0.6 is 11.3 Å². The van der Waals surface area contributed by atoms with Crippen LogP contribution in [0.2, 0.25) is 0 Å². The lowest BCUT2D eigenvalue weighted by Gasteiger charge is -2.26. The summed E-state index contributed by atoms with van der Waals surface area (Å²) in [5.74, 6) is -1.40. The fraction of sp³-hybridized carbons (Fsp3) is 0.267. The highest BCUT2D eigenvalue weighted by Gasteiger charge is 2.37. The zero-order valence-corrected chi connectivity index (χ0v) is 13.8. The van der Waals surface area contributed by atoms with E-state index in [-0.39, 0.29) is 11.5 Å². The van der Waals surface area contributed by atoms with Gasteiger partial charge in [0.2, 0.25) is 0 Å². The number of thiophene rings is 1. The Hall–Kier alpha value is -1.87. The summed E-state index contributed by atoms with van der Waals surface area (Å²) in [6.07, 6.45) is -4.64. The van der Waals surface area contributed by atoms with Crippen molar-refractivity contribution in [3.8, 4) is 0 Å². The predicted octanol–water partition coefficient (Wildman–Crippen LogP) is 3.17. The minimum Gasteiger partial charge on any atom is -0.344 e. The van der Waals surface area contributed by atoms with Crippen molar-refractivity contribution < 1.29 is 26.4 Å². The molecule has 2 heterocycles. The molecule has 9 heteroatoms. The molecule has 0 aliphatic carbocycles. The number of alkyl halides is 3. The van der Waals surface area contributed by atoms with Crippen molar-refractivity contribution in [1.82, 2.24) is 5.32 Å². The third-order valence-electron chi connectivity index (χ3n) is 3.74. The number of hydrogen-bond acceptors (Lipinski definition) is 4. The molecular weight excluding hydrogens is 363 g/mol. The number of fused-ring (bicyclic) bond motifs is 1. The average molecular weight is 375 g/mol. The van der Waals surface area contributed by atoms with Gasteiger partial charge < -0.3 is 5.32 Å². The van der Waals surface area contributed by atoms with Crippen molar-refractivity contribution >= 4 is 27.1 Å². The van der Waals surface area contributed by atoms with Crippen molar-refractivity contribution in [2.24, 2.45) is 0 Å². The molecule has 0 radical (unpaired) electrons. The molecule has 1 N–H and O–H groups in total. The molecule has 0 saturated heterocycles. The van der Waals surface area contributed by atoms with Gasteiger partial charge in [0.25, 0.3) is 5.91 Å². The Kier molecular flexibility index (Phi) is 4.16. The number of carbonyl (C=O) groups is 1. The first-order valence-corrected chi connectivity index (χ1v) is 9.66. The first kappa shape index (κ1) is 17.0. The Morgan fingerprint density at radius 2 is 1.92 bits per heavy atom. The quantitative estimate of drug-likeness (QED) is 0.877. The number of halogens is 3. The summed E-state index contributed by atoms with van der Waals surface area (Å²) in [6.45, 7) is 0. The van der Waals surface area contributed by atoms with Crippen LogP contribution in [0.15, 0.2) is 35.0 Å². The summed E-state index contributed by atoms with van der Waals surface area (Å²) in [6, 6.07) is 5.82. The number of amides is 1. The van der Waals surface area contributed by atoms with E-state index in [2.05, 4.69) is 5.32 Å². The normalized spacial score (nSPS) is 19.5. The molecular formula is C15H12F3NO3S2. The molecule has 1 aliphatic heterocycles. The molecule has 2 aromatic rings. The predicted molar refractivity (Wildman–Crippen MR) is 83.5 cm³/mol. The fourth-order valence-electron chi connectivity index (χ4n) is 2.69. The van der Waals surface area contributed by atoms with Crippen LogP contribution in [0.25, 0.3) is 0 Å². The topological polar surface area (TPSA) is 63.2 Å². The summed E-state index contributed by atoms with van der Waals surface area (Å²) in [4.78, 5) is 12.3. The van der Waals surface area contributed by atoms with Crippen molar-refractivity contribution in [3.05, 3.63) is 57.3 Å². The van der Waals surface area contributed by atoms with E-state index in [0.29, 0.717) is 11.1 Å². The van der Waals surface area contributed by atoms with Gasteiger partial charge in [-0.15, -0.1) is 0 Å². The minimum absolute atomic E-state index is 0.137. The summed E-state index contributed by atoms with van der Waals surface area (Å²) < 4.78 is 62.7. The van der Waals surface area contributed by atoms with Gasteiger partial charge in [0.1, 0.15) is 0 Å². The largest absolute Gasteiger partial charge is 0.417 e. The van der Waals surface area contributed by atoms with Crippen molar-refractivity contribution in [2.45, 2.75) is 18.0 Å². The van der Waals surface area contributed by atoms with E-state index in [4.69, 9.17) is 0 Å². The van der Waals surface area contributed by atoms with Gasteiger partial charge in [0, 0.05) is 10.8 Å². The molecule has 0 fully saturated rings. The monoisotopic (exact) mass is 375 g/mol. The molecule has 128 valence electrons. The van der Waals surface area contributed by atoms with E-state index in [1.54, 1.807) is 24.3 Å². The third kappa shape index (κ3) is 3.32. The van der Waals surface area contributed by atoms with Gasteiger partial charge in [0.05, 0.1) is 28.7 Å². The third-order valence-corrected chi connectivity index (χ3v) is 6.08. The van der Waals surface area contributed by atoms with Crippen molar-refractivity contribution in [3.63, 3.8) is 0 Å². The SMILES string of the molecule is O=C(NC1CS(=O)(=O)Cc2ccccc21)c1cscc1C(F)(F)F. The molecule has 1 aromatic carbocycles. The van der Waals surface area contributed by atoms with Gasteiger partial charge in [-0.3, -0.25) is 4.79 Å². The summed E-state index contributed by atoms with van der Waals surface area (Å²) in [5, 5.41) is 4.41. The molecule has 0 bridgehead atoms. The zero-order chi connectivity index (χ0) is 17.5. The van der Waals surface area contributed by atoms with Crippen LogP contribution in [0, 0.1) is 0 Å². The number of carbonyl (C=O) groups excluding carboxylic acids is 1. The van der Waals surface area contributed by atoms with Crippen LogP contribution < -0.4 is 5.32 Å². The highest BCUT2D eigenvalue weighted by Crippen LogP contribution is 2.35. The van der Waals surface area contributed by atoms with Gasteiger partial charge in [0.15, 0.2) is 9.84 Å². The van der Waals surface area contributed by atoms with E-state index in [0.717, 1.165) is 22.1 Å². The first-order chi connectivity index (χ1) is 11.2. The Labute approximate surface area is 140 Å². The number of nitrogens with one attached hydrogen (secondary N) is 1. The zero-order valence-electron chi connectivity index (χ0n) is 12.1. The first-order valence-electron chi connectivity index (χ1n) is 6.90. The Morgan fingerprint density at radius 3 is 2.62 bits per heavy atom. The lowest BCUT2D eigenvalue weighted by Crippen LogP contribution is -2.37. The Morgan fingerprint density at radius 1 is 1.21 bits per heavy atom. The van der Waals surface area contributed by atoms with E-state index in [1.807, 2.05) is 0 Å². The number of hydrogen-bond donors (Lipinski definition) is 1. The van der Waals surface area contributed by atoms with E-state index >= 15 is 0 Å². The molecule has 1 unspecified atom stereocenters. The van der Waals surface area contributed by atoms with Gasteiger partial charge in [-0.1, -0.05) is 24.3 Å². The van der Waals surface area contributed by atoms with Crippen LogP contribution in [0.1, 0.15) is 33.1 Å². The molecule has 24 heavy (non-hydrogen) atoms. The van der Waals surface area contributed by atoms with E-state index in [9.17, 15) is 26.4 Å². The maximum Gasteiger partial charge on any atom is 0.417 e. The van der Waals surface area contributed by atoms with Gasteiger partial charge in [-0.25, -0.2) is 8.42 Å². The smallest absolute Gasteiger partial charge is 0.344 e. The van der Waals surface area contributed by atoms with Crippen LogP contribution in [0.4, 0.5) is 13.2 Å². The van der Waals surface area contributed by atoms with Crippen molar-refractivity contribution in [1.29, 1.82) is 0 Å². The second-order valence-corrected chi connectivity index (χ2v) is 8.33. The number of rotatable bonds is 2. The number of benzene rings is 1. The number of sulfone groups is 1. The minimum atomic E-state index is -4.64. The van der Waals surface area contributed by atoms with Crippen LogP contribution in [0.3, 0.4) is 0 Å². The highest BCUT2D eigenvalue weighted by atomic mass is 32.2. The second-order valence-electron chi connectivity index (χ2n) is 5.48. The summed E-state index contributed by atoms with van der Waals surface area (Å²) in [5.41, 5.74) is -0.343. The summed E-state index contributed by atoms with van der Waals surface area (Å²) in [7, 11) is -3.43. The van der Waals surface area contributed by atoms with E-state index < -0.39 is 39.1 Å². The molecule has 0 spiro atoms.